The summed E-state index contributed by atoms with van der Waals surface area (Å²) in [6.45, 7) is 4.85. The predicted molar refractivity (Wildman–Crippen MR) is 74.9 cm³/mol. The van der Waals surface area contributed by atoms with E-state index in [1.54, 1.807) is 6.26 Å². The molecule has 3 aromatic rings. The van der Waals surface area contributed by atoms with Gasteiger partial charge in [0, 0.05) is 5.39 Å². The Hall–Kier alpha value is -2.00. The smallest absolute Gasteiger partial charge is 0.134 e. The molecule has 0 radical (unpaired) electrons. The lowest BCUT2D eigenvalue weighted by Crippen LogP contribution is -2.17. The van der Waals surface area contributed by atoms with Crippen LogP contribution >= 0.6 is 0 Å². The molecule has 1 unspecified atom stereocenters. The maximum atomic E-state index is 5.84. The Bertz CT molecular complexity index is 648. The standard InChI is InChI=1S/C16H17NO2/c1-11-7-8-18-16(11)10-17-12(2)15-9-13-5-3-4-6-14(13)19-15/h3-9,12,17H,10H2,1-2H3. The van der Waals surface area contributed by atoms with Gasteiger partial charge in [0.15, 0.2) is 0 Å². The highest BCUT2D eigenvalue weighted by Crippen LogP contribution is 2.23. The van der Waals surface area contributed by atoms with E-state index in [4.69, 9.17) is 8.83 Å². The fourth-order valence-electron chi connectivity index (χ4n) is 2.15. The van der Waals surface area contributed by atoms with Gasteiger partial charge in [0.05, 0.1) is 18.8 Å². The molecule has 0 aliphatic carbocycles. The van der Waals surface area contributed by atoms with Crippen LogP contribution in [-0.4, -0.2) is 0 Å². The van der Waals surface area contributed by atoms with Crippen LogP contribution in [-0.2, 0) is 6.54 Å². The highest BCUT2D eigenvalue weighted by molar-refractivity contribution is 5.77. The van der Waals surface area contributed by atoms with Crippen molar-refractivity contribution in [3.8, 4) is 0 Å². The van der Waals surface area contributed by atoms with Crippen LogP contribution in [0.2, 0.25) is 0 Å². The fraction of sp³-hybridized carbons (Fsp3) is 0.250. The van der Waals surface area contributed by atoms with Crippen LogP contribution in [0.25, 0.3) is 11.0 Å². The van der Waals surface area contributed by atoms with Gasteiger partial charge < -0.3 is 14.2 Å². The second kappa shape index (κ2) is 4.94. The molecule has 98 valence electrons. The van der Waals surface area contributed by atoms with Crippen molar-refractivity contribution in [1.29, 1.82) is 0 Å². The Kier molecular flexibility index (Phi) is 3.13. The van der Waals surface area contributed by atoms with Crippen molar-refractivity contribution in [2.45, 2.75) is 26.4 Å². The minimum atomic E-state index is 0.150. The van der Waals surface area contributed by atoms with Gasteiger partial charge in [0.1, 0.15) is 17.1 Å². The monoisotopic (exact) mass is 255 g/mol. The van der Waals surface area contributed by atoms with Crippen molar-refractivity contribution < 1.29 is 8.83 Å². The van der Waals surface area contributed by atoms with E-state index in [1.807, 2.05) is 31.2 Å². The number of aryl methyl sites for hydroxylation is 1. The number of furan rings is 2. The quantitative estimate of drug-likeness (QED) is 0.759. The first-order valence-electron chi connectivity index (χ1n) is 6.49. The summed E-state index contributed by atoms with van der Waals surface area (Å²) in [4.78, 5) is 0. The average Bonchev–Trinajstić information content (AvgIpc) is 3.01. The highest BCUT2D eigenvalue weighted by atomic mass is 16.3. The molecule has 0 spiro atoms. The van der Waals surface area contributed by atoms with Crippen LogP contribution < -0.4 is 5.32 Å². The van der Waals surface area contributed by atoms with Gasteiger partial charge in [-0.3, -0.25) is 0 Å². The lowest BCUT2D eigenvalue weighted by atomic mass is 10.2. The van der Waals surface area contributed by atoms with Gasteiger partial charge >= 0.3 is 0 Å². The summed E-state index contributed by atoms with van der Waals surface area (Å²) in [5.41, 5.74) is 2.10. The van der Waals surface area contributed by atoms with Crippen LogP contribution in [0.15, 0.2) is 51.5 Å². The molecule has 3 nitrogen and oxygen atoms in total. The topological polar surface area (TPSA) is 38.3 Å². The van der Waals surface area contributed by atoms with Gasteiger partial charge in [-0.2, -0.15) is 0 Å². The largest absolute Gasteiger partial charge is 0.468 e. The van der Waals surface area contributed by atoms with E-state index in [2.05, 4.69) is 24.4 Å². The second-order valence-corrected chi connectivity index (χ2v) is 4.82. The first-order chi connectivity index (χ1) is 9.24. The number of hydrogen-bond acceptors (Lipinski definition) is 3. The molecule has 1 aromatic carbocycles. The molecular formula is C16H17NO2. The van der Waals surface area contributed by atoms with Gasteiger partial charge in [-0.15, -0.1) is 0 Å². The third kappa shape index (κ3) is 2.42. The minimum absolute atomic E-state index is 0.150. The number of benzene rings is 1. The predicted octanol–water partition coefficient (Wildman–Crippen LogP) is 4.19. The van der Waals surface area contributed by atoms with E-state index < -0.39 is 0 Å². The van der Waals surface area contributed by atoms with E-state index in [1.165, 1.54) is 5.56 Å². The summed E-state index contributed by atoms with van der Waals surface area (Å²) in [5, 5.41) is 4.55. The van der Waals surface area contributed by atoms with Crippen LogP contribution in [0.5, 0.6) is 0 Å². The summed E-state index contributed by atoms with van der Waals surface area (Å²) >= 11 is 0. The first-order valence-corrected chi connectivity index (χ1v) is 6.49. The summed E-state index contributed by atoms with van der Waals surface area (Å²) < 4.78 is 11.3. The Morgan fingerprint density at radius 2 is 2.05 bits per heavy atom. The Balaban J connectivity index is 1.73. The van der Waals surface area contributed by atoms with Gasteiger partial charge in [-0.25, -0.2) is 0 Å². The van der Waals surface area contributed by atoms with Gasteiger partial charge in [-0.1, -0.05) is 18.2 Å². The molecule has 19 heavy (non-hydrogen) atoms. The molecule has 0 aliphatic heterocycles. The molecule has 0 bridgehead atoms. The normalized spacial score (nSPS) is 12.9. The zero-order chi connectivity index (χ0) is 13.2. The summed E-state index contributed by atoms with van der Waals surface area (Å²) in [5.74, 6) is 1.92. The van der Waals surface area contributed by atoms with E-state index in [9.17, 15) is 0 Å². The molecule has 0 fully saturated rings. The molecule has 3 heteroatoms. The zero-order valence-corrected chi connectivity index (χ0v) is 11.1. The first kappa shape index (κ1) is 12.1. The van der Waals surface area contributed by atoms with E-state index >= 15 is 0 Å². The minimum Gasteiger partial charge on any atom is -0.468 e. The van der Waals surface area contributed by atoms with Gasteiger partial charge in [-0.05, 0) is 37.6 Å². The average molecular weight is 255 g/mol. The van der Waals surface area contributed by atoms with Crippen molar-refractivity contribution in [2.75, 3.05) is 0 Å². The maximum Gasteiger partial charge on any atom is 0.134 e. The molecule has 3 rings (SSSR count). The fourth-order valence-corrected chi connectivity index (χ4v) is 2.15. The highest BCUT2D eigenvalue weighted by Gasteiger charge is 2.12. The second-order valence-electron chi connectivity index (χ2n) is 4.82. The van der Waals surface area contributed by atoms with Crippen LogP contribution in [0, 0.1) is 6.92 Å². The summed E-state index contributed by atoms with van der Waals surface area (Å²) in [6, 6.07) is 12.3. The third-order valence-electron chi connectivity index (χ3n) is 3.41. The number of para-hydroxylation sites is 1. The Morgan fingerprint density at radius 3 is 2.79 bits per heavy atom. The Labute approximate surface area is 112 Å². The molecular weight excluding hydrogens is 238 g/mol. The number of nitrogens with one attached hydrogen (secondary N) is 1. The molecule has 1 atom stereocenters. The van der Waals surface area contributed by atoms with Crippen molar-refractivity contribution in [3.63, 3.8) is 0 Å². The van der Waals surface area contributed by atoms with Gasteiger partial charge in [0.2, 0.25) is 0 Å². The Morgan fingerprint density at radius 1 is 1.21 bits per heavy atom. The van der Waals surface area contributed by atoms with Crippen molar-refractivity contribution in [2.24, 2.45) is 0 Å². The molecule has 2 aromatic heterocycles. The number of rotatable bonds is 4. The zero-order valence-electron chi connectivity index (χ0n) is 11.1. The van der Waals surface area contributed by atoms with Crippen molar-refractivity contribution >= 4 is 11.0 Å². The number of fused-ring (bicyclic) bond motifs is 1. The third-order valence-corrected chi connectivity index (χ3v) is 3.41. The van der Waals surface area contributed by atoms with Crippen LogP contribution in [0.3, 0.4) is 0 Å². The van der Waals surface area contributed by atoms with Crippen LogP contribution in [0.4, 0.5) is 0 Å². The summed E-state index contributed by atoms with van der Waals surface area (Å²) in [7, 11) is 0. The molecule has 1 N–H and O–H groups in total. The molecule has 0 aliphatic rings. The lowest BCUT2D eigenvalue weighted by molar-refractivity contribution is 0.417. The SMILES string of the molecule is Cc1ccoc1CNC(C)c1cc2ccccc2o1. The molecule has 2 heterocycles. The van der Waals surface area contributed by atoms with E-state index in [0.29, 0.717) is 6.54 Å². The van der Waals surface area contributed by atoms with Crippen LogP contribution in [0.1, 0.15) is 30.0 Å². The van der Waals surface area contributed by atoms with Crippen molar-refractivity contribution in [1.82, 2.24) is 5.32 Å². The lowest BCUT2D eigenvalue weighted by Gasteiger charge is -2.10. The summed E-state index contributed by atoms with van der Waals surface area (Å²) in [6.07, 6.45) is 1.72. The molecule has 0 amide bonds. The van der Waals surface area contributed by atoms with Crippen molar-refractivity contribution in [3.05, 3.63) is 59.7 Å². The maximum absolute atomic E-state index is 5.84. The van der Waals surface area contributed by atoms with Gasteiger partial charge in [0.25, 0.3) is 0 Å². The molecule has 0 saturated carbocycles. The van der Waals surface area contributed by atoms with E-state index in [-0.39, 0.29) is 6.04 Å². The molecule has 0 saturated heterocycles. The number of hydrogen-bond donors (Lipinski definition) is 1. The van der Waals surface area contributed by atoms with E-state index in [0.717, 1.165) is 22.5 Å².